The normalized spacial score (nSPS) is 20.2. The van der Waals surface area contributed by atoms with Gasteiger partial charge in [-0.1, -0.05) is 32.5 Å². The molecule has 30 heavy (non-hydrogen) atoms. The molecule has 3 amide bonds. The molecule has 2 aromatic heterocycles. The van der Waals surface area contributed by atoms with Gasteiger partial charge in [0.05, 0.1) is 10.1 Å². The van der Waals surface area contributed by atoms with Crippen molar-refractivity contribution in [2.75, 3.05) is 13.1 Å². The minimum absolute atomic E-state index is 0.195. The van der Waals surface area contributed by atoms with Crippen LogP contribution in [0.25, 0.3) is 10.7 Å². The summed E-state index contributed by atoms with van der Waals surface area (Å²) in [6.07, 6.45) is 3.49. The highest BCUT2D eigenvalue weighted by Gasteiger charge is 2.32. The van der Waals surface area contributed by atoms with E-state index in [4.69, 9.17) is 0 Å². The smallest absolute Gasteiger partial charge is 0.324 e. The lowest BCUT2D eigenvalue weighted by Gasteiger charge is -2.33. The highest BCUT2D eigenvalue weighted by Crippen LogP contribution is 2.42. The lowest BCUT2D eigenvalue weighted by atomic mass is 9.72. The lowest BCUT2D eigenvalue weighted by Crippen LogP contribution is -2.39. The first-order chi connectivity index (χ1) is 14.1. The summed E-state index contributed by atoms with van der Waals surface area (Å²) in [4.78, 5) is 28.2. The molecule has 0 radical (unpaired) electrons. The highest BCUT2D eigenvalue weighted by atomic mass is 32.2. The van der Waals surface area contributed by atoms with Gasteiger partial charge in [-0.25, -0.2) is 4.79 Å². The number of hydrogen-bond acceptors (Lipinski definition) is 6. The fraction of sp³-hybridized carbons (Fsp3) is 0.619. The Hall–Kier alpha value is -1.87. The van der Waals surface area contributed by atoms with Crippen LogP contribution in [0.1, 0.15) is 44.6 Å². The number of fused-ring (bicyclic) bond motifs is 1. The zero-order valence-corrected chi connectivity index (χ0v) is 19.8. The van der Waals surface area contributed by atoms with E-state index in [1.165, 1.54) is 33.5 Å². The van der Waals surface area contributed by atoms with E-state index >= 15 is 0 Å². The average Bonchev–Trinajstić information content (AvgIpc) is 3.38. The average molecular weight is 448 g/mol. The van der Waals surface area contributed by atoms with Gasteiger partial charge in [-0.2, -0.15) is 0 Å². The van der Waals surface area contributed by atoms with Crippen LogP contribution in [-0.2, 0) is 24.7 Å². The molecular formula is C21H29N5O2S2. The van der Waals surface area contributed by atoms with Gasteiger partial charge in [0.1, 0.15) is 0 Å². The van der Waals surface area contributed by atoms with Crippen molar-refractivity contribution >= 4 is 35.0 Å². The maximum Gasteiger partial charge on any atom is 0.324 e. The molecule has 2 aromatic rings. The summed E-state index contributed by atoms with van der Waals surface area (Å²) in [7, 11) is 1.94. The molecule has 0 spiro atoms. The summed E-state index contributed by atoms with van der Waals surface area (Å²) >= 11 is 3.16. The van der Waals surface area contributed by atoms with E-state index in [1.54, 1.807) is 0 Å². The number of carbonyl (C=O) groups excluding carboxylic acids is 2. The van der Waals surface area contributed by atoms with Gasteiger partial charge in [0.2, 0.25) is 5.91 Å². The molecule has 162 valence electrons. The number of imide groups is 1. The topological polar surface area (TPSA) is 80.1 Å². The fourth-order valence-electron chi connectivity index (χ4n) is 4.12. The third-order valence-corrected chi connectivity index (χ3v) is 8.47. The molecule has 0 unspecified atom stereocenters. The Labute approximate surface area is 185 Å². The molecule has 4 rings (SSSR count). The standard InChI is InChI=1S/C21H29N5O2S2/c1-12(18(27)26-9-8-22-19(26)28)29-20-24-23-17(25(20)5)16-11-13-10-14(21(2,3)4)6-7-15(13)30-16/h11-12,14H,6-10H2,1-5H3,(H,22,28)/t12-,14+/m0/s1. The summed E-state index contributed by atoms with van der Waals surface area (Å²) in [6, 6.07) is 1.96. The summed E-state index contributed by atoms with van der Waals surface area (Å²) in [5.74, 6) is 1.34. The predicted octanol–water partition coefficient (Wildman–Crippen LogP) is 3.73. The van der Waals surface area contributed by atoms with Crippen molar-refractivity contribution in [1.29, 1.82) is 0 Å². The first-order valence-corrected chi connectivity index (χ1v) is 12.1. The second-order valence-electron chi connectivity index (χ2n) is 9.21. The zero-order chi connectivity index (χ0) is 21.6. The number of amides is 3. The third-order valence-electron chi connectivity index (χ3n) is 6.12. The van der Waals surface area contributed by atoms with Crippen molar-refractivity contribution in [3.05, 3.63) is 16.5 Å². The highest BCUT2D eigenvalue weighted by molar-refractivity contribution is 8.00. The molecule has 1 N–H and O–H groups in total. The molecule has 2 aliphatic rings. The number of carbonyl (C=O) groups is 2. The van der Waals surface area contributed by atoms with E-state index in [9.17, 15) is 9.59 Å². The summed E-state index contributed by atoms with van der Waals surface area (Å²) in [6.45, 7) is 9.73. The Morgan fingerprint density at radius 1 is 1.37 bits per heavy atom. The van der Waals surface area contributed by atoms with Gasteiger partial charge in [0.25, 0.3) is 0 Å². The number of nitrogens with one attached hydrogen (secondary N) is 1. The lowest BCUT2D eigenvalue weighted by molar-refractivity contribution is -0.126. The number of aromatic nitrogens is 3. The second-order valence-corrected chi connectivity index (χ2v) is 11.7. The monoisotopic (exact) mass is 447 g/mol. The van der Waals surface area contributed by atoms with Crippen LogP contribution in [0.15, 0.2) is 11.2 Å². The minimum atomic E-state index is -0.409. The molecule has 0 bridgehead atoms. The van der Waals surface area contributed by atoms with Crippen LogP contribution >= 0.6 is 23.1 Å². The van der Waals surface area contributed by atoms with E-state index in [2.05, 4.69) is 42.4 Å². The second kappa shape index (κ2) is 8.00. The van der Waals surface area contributed by atoms with Crippen molar-refractivity contribution < 1.29 is 9.59 Å². The van der Waals surface area contributed by atoms with Gasteiger partial charge in [0.15, 0.2) is 11.0 Å². The van der Waals surface area contributed by atoms with Crippen molar-refractivity contribution in [2.24, 2.45) is 18.4 Å². The minimum Gasteiger partial charge on any atom is -0.336 e. The Morgan fingerprint density at radius 2 is 2.13 bits per heavy atom. The predicted molar refractivity (Wildman–Crippen MR) is 120 cm³/mol. The number of hydrogen-bond donors (Lipinski definition) is 1. The van der Waals surface area contributed by atoms with Crippen molar-refractivity contribution in [3.8, 4) is 10.7 Å². The Balaban J connectivity index is 1.50. The van der Waals surface area contributed by atoms with E-state index in [1.807, 2.05) is 29.9 Å². The third kappa shape index (κ3) is 4.01. The first-order valence-electron chi connectivity index (χ1n) is 10.4. The maximum absolute atomic E-state index is 12.6. The molecule has 9 heteroatoms. The fourth-order valence-corrected chi connectivity index (χ4v) is 6.22. The summed E-state index contributed by atoms with van der Waals surface area (Å²) in [5, 5.41) is 11.7. The SMILES string of the molecule is C[C@H](Sc1nnc(-c2cc3c(s2)CC[C@@H](C(C)(C)C)C3)n1C)C(=O)N1CCNC1=O. The number of thiophene rings is 1. The van der Waals surface area contributed by atoms with Crippen LogP contribution in [0, 0.1) is 11.3 Å². The van der Waals surface area contributed by atoms with Crippen LogP contribution in [-0.4, -0.2) is 49.9 Å². The van der Waals surface area contributed by atoms with Crippen molar-refractivity contribution in [1.82, 2.24) is 25.0 Å². The number of aryl methyl sites for hydroxylation is 1. The number of urea groups is 1. The molecular weight excluding hydrogens is 418 g/mol. The molecule has 1 fully saturated rings. The van der Waals surface area contributed by atoms with Crippen LogP contribution in [0.3, 0.4) is 0 Å². The van der Waals surface area contributed by atoms with Gasteiger partial charge < -0.3 is 9.88 Å². The van der Waals surface area contributed by atoms with E-state index in [-0.39, 0.29) is 11.9 Å². The molecule has 0 aromatic carbocycles. The number of rotatable bonds is 4. The van der Waals surface area contributed by atoms with E-state index < -0.39 is 5.25 Å². The van der Waals surface area contributed by atoms with Gasteiger partial charge in [-0.05, 0) is 49.1 Å². The largest absolute Gasteiger partial charge is 0.336 e. The molecule has 7 nitrogen and oxygen atoms in total. The Kier molecular flexibility index (Phi) is 5.69. The number of nitrogens with zero attached hydrogens (tertiary/aromatic N) is 4. The molecule has 3 heterocycles. The van der Waals surface area contributed by atoms with E-state index in [0.29, 0.717) is 29.6 Å². The summed E-state index contributed by atoms with van der Waals surface area (Å²) < 4.78 is 1.96. The van der Waals surface area contributed by atoms with Gasteiger partial charge in [-0.15, -0.1) is 21.5 Å². The molecule has 2 atom stereocenters. The van der Waals surface area contributed by atoms with Gasteiger partial charge in [-0.3, -0.25) is 9.69 Å². The molecule has 1 aliphatic carbocycles. The maximum atomic E-state index is 12.6. The van der Waals surface area contributed by atoms with Crippen molar-refractivity contribution in [3.63, 3.8) is 0 Å². The van der Waals surface area contributed by atoms with Crippen LogP contribution in [0.4, 0.5) is 4.79 Å². The van der Waals surface area contributed by atoms with Crippen molar-refractivity contribution in [2.45, 2.75) is 57.4 Å². The van der Waals surface area contributed by atoms with Gasteiger partial charge in [0, 0.05) is 25.0 Å². The Morgan fingerprint density at radius 3 is 2.80 bits per heavy atom. The quantitative estimate of drug-likeness (QED) is 0.723. The Bertz CT molecular complexity index is 975. The summed E-state index contributed by atoms with van der Waals surface area (Å²) in [5.41, 5.74) is 1.77. The number of thioether (sulfide) groups is 1. The van der Waals surface area contributed by atoms with Crippen LogP contribution in [0.2, 0.25) is 0 Å². The van der Waals surface area contributed by atoms with Gasteiger partial charge >= 0.3 is 6.03 Å². The van der Waals surface area contributed by atoms with Crippen LogP contribution in [0.5, 0.6) is 0 Å². The first kappa shape index (κ1) is 21.4. The molecule has 0 saturated carbocycles. The van der Waals surface area contributed by atoms with E-state index in [0.717, 1.165) is 23.5 Å². The molecule has 1 saturated heterocycles. The molecule has 1 aliphatic heterocycles. The van der Waals surface area contributed by atoms with Crippen LogP contribution < -0.4 is 5.32 Å². The zero-order valence-electron chi connectivity index (χ0n) is 18.2.